The highest BCUT2D eigenvalue weighted by Gasteiger charge is 2.01. The summed E-state index contributed by atoms with van der Waals surface area (Å²) < 4.78 is 7.47. The van der Waals surface area contributed by atoms with E-state index in [-0.39, 0.29) is 0 Å². The number of hydrogen-bond acceptors (Lipinski definition) is 3. The van der Waals surface area contributed by atoms with Crippen molar-refractivity contribution in [2.24, 2.45) is 0 Å². The molecule has 4 nitrogen and oxygen atoms in total. The SMILES string of the molecule is CC(C)NCCOCc1ccn(C(C)C)n1. The Labute approximate surface area is 98.0 Å². The predicted molar refractivity (Wildman–Crippen MR) is 65.4 cm³/mol. The Bertz CT molecular complexity index is 294. The summed E-state index contributed by atoms with van der Waals surface area (Å²) in [6.45, 7) is 10.7. The lowest BCUT2D eigenvalue weighted by Gasteiger charge is -2.07. The first kappa shape index (κ1) is 13.2. The second-order valence-electron chi connectivity index (χ2n) is 4.54. The first-order valence-electron chi connectivity index (χ1n) is 5.94. The van der Waals surface area contributed by atoms with Crippen molar-refractivity contribution in [1.82, 2.24) is 15.1 Å². The summed E-state index contributed by atoms with van der Waals surface area (Å²) in [4.78, 5) is 0. The Hall–Kier alpha value is -0.870. The molecule has 0 saturated heterocycles. The molecule has 1 aromatic heterocycles. The smallest absolute Gasteiger partial charge is 0.0907 e. The fourth-order valence-corrected chi connectivity index (χ4v) is 1.34. The summed E-state index contributed by atoms with van der Waals surface area (Å²) in [6, 6.07) is 2.94. The second kappa shape index (κ2) is 6.66. The van der Waals surface area contributed by atoms with E-state index in [1.54, 1.807) is 0 Å². The monoisotopic (exact) mass is 225 g/mol. The van der Waals surface area contributed by atoms with Crippen LogP contribution in [-0.4, -0.2) is 29.0 Å². The Morgan fingerprint density at radius 2 is 2.12 bits per heavy atom. The quantitative estimate of drug-likeness (QED) is 0.721. The van der Waals surface area contributed by atoms with Crippen molar-refractivity contribution in [2.45, 2.75) is 46.4 Å². The minimum absolute atomic E-state index is 0.413. The Balaban J connectivity index is 2.17. The molecule has 1 N–H and O–H groups in total. The lowest BCUT2D eigenvalue weighted by Crippen LogP contribution is -2.26. The number of rotatable bonds is 7. The highest BCUT2D eigenvalue weighted by atomic mass is 16.5. The van der Waals surface area contributed by atoms with Crippen LogP contribution in [0, 0.1) is 0 Å². The van der Waals surface area contributed by atoms with E-state index in [0.29, 0.717) is 18.7 Å². The molecule has 4 heteroatoms. The van der Waals surface area contributed by atoms with Crippen molar-refractivity contribution in [3.8, 4) is 0 Å². The molecule has 92 valence electrons. The molecule has 0 aliphatic rings. The van der Waals surface area contributed by atoms with E-state index in [2.05, 4.69) is 38.1 Å². The molecule has 0 aromatic carbocycles. The van der Waals surface area contributed by atoms with Crippen molar-refractivity contribution >= 4 is 0 Å². The summed E-state index contributed by atoms with van der Waals surface area (Å²) >= 11 is 0. The van der Waals surface area contributed by atoms with E-state index in [4.69, 9.17) is 4.74 Å². The van der Waals surface area contributed by atoms with Gasteiger partial charge >= 0.3 is 0 Å². The topological polar surface area (TPSA) is 39.1 Å². The molecule has 1 rings (SSSR count). The van der Waals surface area contributed by atoms with Crippen LogP contribution in [0.4, 0.5) is 0 Å². The van der Waals surface area contributed by atoms with Crippen molar-refractivity contribution in [1.29, 1.82) is 0 Å². The first-order chi connectivity index (χ1) is 7.59. The molecule has 0 fully saturated rings. The molecule has 1 aromatic rings. The minimum atomic E-state index is 0.413. The highest BCUT2D eigenvalue weighted by molar-refractivity contribution is 4.97. The van der Waals surface area contributed by atoms with E-state index in [9.17, 15) is 0 Å². The molecule has 16 heavy (non-hydrogen) atoms. The van der Waals surface area contributed by atoms with Gasteiger partial charge < -0.3 is 10.1 Å². The highest BCUT2D eigenvalue weighted by Crippen LogP contribution is 2.04. The average Bonchev–Trinajstić information content (AvgIpc) is 2.65. The zero-order chi connectivity index (χ0) is 12.0. The molecule has 0 aliphatic heterocycles. The maximum atomic E-state index is 5.52. The Morgan fingerprint density at radius 1 is 1.38 bits per heavy atom. The lowest BCUT2D eigenvalue weighted by atomic mass is 10.4. The average molecular weight is 225 g/mol. The third-order valence-electron chi connectivity index (χ3n) is 2.24. The number of aromatic nitrogens is 2. The van der Waals surface area contributed by atoms with Crippen LogP contribution in [0.25, 0.3) is 0 Å². The van der Waals surface area contributed by atoms with Gasteiger partial charge in [0.05, 0.1) is 18.9 Å². The van der Waals surface area contributed by atoms with Gasteiger partial charge in [0.25, 0.3) is 0 Å². The van der Waals surface area contributed by atoms with Gasteiger partial charge in [-0.1, -0.05) is 13.8 Å². The van der Waals surface area contributed by atoms with Crippen molar-refractivity contribution in [3.63, 3.8) is 0 Å². The van der Waals surface area contributed by atoms with Gasteiger partial charge in [0.1, 0.15) is 0 Å². The summed E-state index contributed by atoms with van der Waals surface area (Å²) in [5.74, 6) is 0. The number of ether oxygens (including phenoxy) is 1. The molecule has 0 amide bonds. The van der Waals surface area contributed by atoms with Gasteiger partial charge in [0.15, 0.2) is 0 Å². The van der Waals surface area contributed by atoms with Crippen LogP contribution in [0.1, 0.15) is 39.4 Å². The van der Waals surface area contributed by atoms with Crippen LogP contribution < -0.4 is 5.32 Å². The molecule has 0 saturated carbocycles. The molecule has 0 radical (unpaired) electrons. The molecule has 0 bridgehead atoms. The van der Waals surface area contributed by atoms with Gasteiger partial charge in [0, 0.05) is 24.8 Å². The molecular weight excluding hydrogens is 202 g/mol. The fourth-order valence-electron chi connectivity index (χ4n) is 1.34. The van der Waals surface area contributed by atoms with Crippen molar-refractivity contribution in [2.75, 3.05) is 13.2 Å². The summed E-state index contributed by atoms with van der Waals surface area (Å²) in [5, 5.41) is 7.72. The zero-order valence-electron chi connectivity index (χ0n) is 10.7. The predicted octanol–water partition coefficient (Wildman–Crippen LogP) is 1.98. The molecule has 0 unspecified atom stereocenters. The Kier molecular flexibility index (Phi) is 5.49. The summed E-state index contributed by atoms with van der Waals surface area (Å²) in [6.07, 6.45) is 2.00. The molecule has 0 spiro atoms. The first-order valence-corrected chi connectivity index (χ1v) is 5.94. The van der Waals surface area contributed by atoms with Gasteiger partial charge in [-0.15, -0.1) is 0 Å². The van der Waals surface area contributed by atoms with Crippen LogP contribution in [0.15, 0.2) is 12.3 Å². The lowest BCUT2D eigenvalue weighted by molar-refractivity contribution is 0.118. The third kappa shape index (κ3) is 4.77. The molecule has 0 aliphatic carbocycles. The van der Waals surface area contributed by atoms with Crippen LogP contribution in [0.3, 0.4) is 0 Å². The molecular formula is C12H23N3O. The van der Waals surface area contributed by atoms with Gasteiger partial charge in [-0.05, 0) is 19.9 Å². The van der Waals surface area contributed by atoms with Gasteiger partial charge in [-0.2, -0.15) is 5.10 Å². The second-order valence-corrected chi connectivity index (χ2v) is 4.54. The maximum absolute atomic E-state index is 5.52. The van der Waals surface area contributed by atoms with Crippen LogP contribution in [-0.2, 0) is 11.3 Å². The molecule has 0 atom stereocenters. The number of hydrogen-bond donors (Lipinski definition) is 1. The minimum Gasteiger partial charge on any atom is -0.374 e. The van der Waals surface area contributed by atoms with Gasteiger partial charge in [-0.25, -0.2) is 0 Å². The standard InChI is InChI=1S/C12H23N3O/c1-10(2)13-6-8-16-9-12-5-7-15(14-12)11(3)4/h5,7,10-11,13H,6,8-9H2,1-4H3. The summed E-state index contributed by atoms with van der Waals surface area (Å²) in [7, 11) is 0. The van der Waals surface area contributed by atoms with E-state index in [0.717, 1.165) is 18.8 Å². The number of nitrogens with zero attached hydrogens (tertiary/aromatic N) is 2. The number of nitrogens with one attached hydrogen (secondary N) is 1. The van der Waals surface area contributed by atoms with E-state index >= 15 is 0 Å². The van der Waals surface area contributed by atoms with Crippen LogP contribution in [0.2, 0.25) is 0 Å². The van der Waals surface area contributed by atoms with E-state index < -0.39 is 0 Å². The van der Waals surface area contributed by atoms with Crippen LogP contribution >= 0.6 is 0 Å². The van der Waals surface area contributed by atoms with E-state index in [1.165, 1.54) is 0 Å². The third-order valence-corrected chi connectivity index (χ3v) is 2.24. The van der Waals surface area contributed by atoms with Crippen molar-refractivity contribution < 1.29 is 4.74 Å². The van der Waals surface area contributed by atoms with Gasteiger partial charge in [0.2, 0.25) is 0 Å². The fraction of sp³-hybridized carbons (Fsp3) is 0.750. The molecule has 1 heterocycles. The zero-order valence-corrected chi connectivity index (χ0v) is 10.7. The maximum Gasteiger partial charge on any atom is 0.0907 e. The largest absolute Gasteiger partial charge is 0.374 e. The van der Waals surface area contributed by atoms with Crippen molar-refractivity contribution in [3.05, 3.63) is 18.0 Å². The normalized spacial score (nSPS) is 11.6. The summed E-state index contributed by atoms with van der Waals surface area (Å²) in [5.41, 5.74) is 0.998. The van der Waals surface area contributed by atoms with Gasteiger partial charge in [-0.3, -0.25) is 4.68 Å². The van der Waals surface area contributed by atoms with Crippen LogP contribution in [0.5, 0.6) is 0 Å². The van der Waals surface area contributed by atoms with E-state index in [1.807, 2.05) is 16.9 Å². The Morgan fingerprint density at radius 3 is 2.69 bits per heavy atom.